The van der Waals surface area contributed by atoms with Gasteiger partial charge in [-0.3, -0.25) is 4.79 Å². The van der Waals surface area contributed by atoms with E-state index in [1.54, 1.807) is 18.5 Å². The molecule has 2 aliphatic carbocycles. The van der Waals surface area contributed by atoms with Gasteiger partial charge < -0.3 is 5.32 Å². The van der Waals surface area contributed by atoms with Gasteiger partial charge in [-0.15, -0.1) is 0 Å². The third-order valence-electron chi connectivity index (χ3n) is 4.13. The molecule has 2 atom stereocenters. The molecule has 0 spiro atoms. The van der Waals surface area contributed by atoms with E-state index in [1.165, 1.54) is 19.3 Å². The number of hydrogen-bond donors (Lipinski definition) is 1. The highest BCUT2D eigenvalue weighted by Crippen LogP contribution is 2.45. The molecule has 2 bridgehead atoms. The van der Waals surface area contributed by atoms with Gasteiger partial charge in [0.2, 0.25) is 5.82 Å². The number of carbonyl (C=O) groups excluding carboxylic acids is 1. The summed E-state index contributed by atoms with van der Waals surface area (Å²) in [6.07, 6.45) is 10.4. The molecule has 0 saturated heterocycles. The second-order valence-corrected chi connectivity index (χ2v) is 5.31. The summed E-state index contributed by atoms with van der Waals surface area (Å²) < 4.78 is 0. The highest BCUT2D eigenvalue weighted by molar-refractivity contribution is 5.90. The predicted molar refractivity (Wildman–Crippen MR) is 63.4 cm³/mol. The van der Waals surface area contributed by atoms with Crippen LogP contribution in [0.25, 0.3) is 0 Å². The number of nitrogens with zero attached hydrogens (tertiary/aromatic N) is 2. The number of aromatic nitrogens is 2. The van der Waals surface area contributed by atoms with Crippen LogP contribution in [0.1, 0.15) is 49.1 Å². The summed E-state index contributed by atoms with van der Waals surface area (Å²) in [7, 11) is 0. The molecule has 1 aromatic heterocycles. The van der Waals surface area contributed by atoms with E-state index in [2.05, 4.69) is 15.3 Å². The van der Waals surface area contributed by atoms with Crippen LogP contribution >= 0.6 is 0 Å². The molecule has 3 rings (SSSR count). The van der Waals surface area contributed by atoms with E-state index in [-0.39, 0.29) is 17.3 Å². The minimum absolute atomic E-state index is 0.0409. The van der Waals surface area contributed by atoms with Gasteiger partial charge in [-0.05, 0) is 37.7 Å². The molecule has 0 aromatic carbocycles. The van der Waals surface area contributed by atoms with Crippen molar-refractivity contribution < 1.29 is 4.79 Å². The Kier molecular flexibility index (Phi) is 2.57. The van der Waals surface area contributed by atoms with Crippen molar-refractivity contribution in [2.24, 2.45) is 5.92 Å². The maximum absolute atomic E-state index is 12.1. The Hall–Kier alpha value is -1.45. The Morgan fingerprint density at radius 2 is 2.12 bits per heavy atom. The molecule has 2 aliphatic rings. The van der Waals surface area contributed by atoms with Crippen molar-refractivity contribution in [3.05, 3.63) is 24.3 Å². The largest absolute Gasteiger partial charge is 0.344 e. The second kappa shape index (κ2) is 4.09. The minimum Gasteiger partial charge on any atom is -0.344 e. The molecule has 1 N–H and O–H groups in total. The van der Waals surface area contributed by atoms with E-state index in [0.717, 1.165) is 25.2 Å². The first-order valence-electron chi connectivity index (χ1n) is 6.37. The van der Waals surface area contributed by atoms with Crippen molar-refractivity contribution in [3.8, 4) is 0 Å². The molecule has 17 heavy (non-hydrogen) atoms. The van der Waals surface area contributed by atoms with Crippen LogP contribution in [0.15, 0.2) is 18.5 Å². The zero-order valence-electron chi connectivity index (χ0n) is 9.85. The molecular formula is C13H17N3O. The third-order valence-corrected chi connectivity index (χ3v) is 4.13. The lowest BCUT2D eigenvalue weighted by molar-refractivity contribution is 0.0869. The van der Waals surface area contributed by atoms with E-state index >= 15 is 0 Å². The van der Waals surface area contributed by atoms with Crippen LogP contribution in [0, 0.1) is 5.92 Å². The number of amides is 1. The summed E-state index contributed by atoms with van der Waals surface area (Å²) in [5.74, 6) is 0.991. The van der Waals surface area contributed by atoms with Gasteiger partial charge in [0.1, 0.15) is 0 Å². The zero-order chi connectivity index (χ0) is 11.7. The normalized spacial score (nSPS) is 31.2. The first kappa shape index (κ1) is 10.7. The van der Waals surface area contributed by atoms with Crippen LogP contribution < -0.4 is 5.32 Å². The summed E-state index contributed by atoms with van der Waals surface area (Å²) in [6.45, 7) is 0. The second-order valence-electron chi connectivity index (χ2n) is 5.31. The average Bonchev–Trinajstić information content (AvgIpc) is 2.65. The summed E-state index contributed by atoms with van der Waals surface area (Å²) in [5.41, 5.74) is 0.0409. The van der Waals surface area contributed by atoms with E-state index in [9.17, 15) is 4.79 Å². The smallest absolute Gasteiger partial charge is 0.289 e. The fourth-order valence-corrected chi connectivity index (χ4v) is 3.33. The highest BCUT2D eigenvalue weighted by atomic mass is 16.2. The Labute approximate surface area is 101 Å². The van der Waals surface area contributed by atoms with Crippen molar-refractivity contribution in [1.29, 1.82) is 0 Å². The molecule has 0 aliphatic heterocycles. The first-order chi connectivity index (χ1) is 8.27. The van der Waals surface area contributed by atoms with Crippen LogP contribution in [0.3, 0.4) is 0 Å². The number of nitrogens with one attached hydrogen (secondary N) is 1. The van der Waals surface area contributed by atoms with E-state index < -0.39 is 0 Å². The topological polar surface area (TPSA) is 54.9 Å². The van der Waals surface area contributed by atoms with Gasteiger partial charge >= 0.3 is 0 Å². The third kappa shape index (κ3) is 2.04. The first-order valence-corrected chi connectivity index (χ1v) is 6.37. The van der Waals surface area contributed by atoms with Crippen molar-refractivity contribution in [2.75, 3.05) is 0 Å². The van der Waals surface area contributed by atoms with Gasteiger partial charge in [-0.25, -0.2) is 9.97 Å². The molecule has 1 amide bonds. The molecule has 0 radical (unpaired) electrons. The summed E-state index contributed by atoms with van der Waals surface area (Å²) in [5, 5.41) is 3.18. The lowest BCUT2D eigenvalue weighted by atomic mass is 9.83. The van der Waals surface area contributed by atoms with Crippen molar-refractivity contribution in [2.45, 2.75) is 44.1 Å². The lowest BCUT2D eigenvalue weighted by Gasteiger charge is -2.33. The lowest BCUT2D eigenvalue weighted by Crippen LogP contribution is -2.48. The van der Waals surface area contributed by atoms with E-state index in [4.69, 9.17) is 0 Å². The number of carbonyl (C=O) groups is 1. The maximum atomic E-state index is 12.1. The standard InChI is InChI=1S/C13H17N3O/c17-12(11-14-7-2-8-15-11)16-13-5-1-3-10(9-13)4-6-13/h2,7-8,10H,1,3-6,9H2,(H,16,17). The molecule has 4 heteroatoms. The summed E-state index contributed by atoms with van der Waals surface area (Å²) in [4.78, 5) is 20.1. The molecular weight excluding hydrogens is 214 g/mol. The average molecular weight is 231 g/mol. The predicted octanol–water partition coefficient (Wildman–Crippen LogP) is 1.93. The van der Waals surface area contributed by atoms with Crippen LogP contribution in [0.5, 0.6) is 0 Å². The van der Waals surface area contributed by atoms with Gasteiger partial charge in [0, 0.05) is 17.9 Å². The van der Waals surface area contributed by atoms with Gasteiger partial charge in [0.25, 0.3) is 5.91 Å². The number of hydrogen-bond acceptors (Lipinski definition) is 3. The SMILES string of the molecule is O=C(NC12CCCC(CC1)C2)c1ncccn1. The zero-order valence-corrected chi connectivity index (χ0v) is 9.85. The fraction of sp³-hybridized carbons (Fsp3) is 0.615. The molecule has 2 fully saturated rings. The monoisotopic (exact) mass is 231 g/mol. The van der Waals surface area contributed by atoms with Gasteiger partial charge in [-0.2, -0.15) is 0 Å². The molecule has 4 nitrogen and oxygen atoms in total. The van der Waals surface area contributed by atoms with Crippen LogP contribution in [-0.2, 0) is 0 Å². The number of rotatable bonds is 2. The Morgan fingerprint density at radius 3 is 2.94 bits per heavy atom. The van der Waals surface area contributed by atoms with Crippen molar-refractivity contribution >= 4 is 5.91 Å². The van der Waals surface area contributed by atoms with Crippen molar-refractivity contribution in [1.82, 2.24) is 15.3 Å². The van der Waals surface area contributed by atoms with Gasteiger partial charge in [-0.1, -0.05) is 12.8 Å². The van der Waals surface area contributed by atoms with Crippen molar-refractivity contribution in [3.63, 3.8) is 0 Å². The van der Waals surface area contributed by atoms with E-state index in [1.807, 2.05) is 0 Å². The Balaban J connectivity index is 1.73. The quantitative estimate of drug-likeness (QED) is 0.846. The molecule has 1 aromatic rings. The highest BCUT2D eigenvalue weighted by Gasteiger charge is 2.43. The van der Waals surface area contributed by atoms with Crippen LogP contribution in [-0.4, -0.2) is 21.4 Å². The molecule has 90 valence electrons. The van der Waals surface area contributed by atoms with Gasteiger partial charge in [0.15, 0.2) is 0 Å². The molecule has 2 unspecified atom stereocenters. The maximum Gasteiger partial charge on any atom is 0.289 e. The summed E-state index contributed by atoms with van der Waals surface area (Å²) >= 11 is 0. The van der Waals surface area contributed by atoms with E-state index in [0.29, 0.717) is 0 Å². The van der Waals surface area contributed by atoms with Crippen LogP contribution in [0.2, 0.25) is 0 Å². The van der Waals surface area contributed by atoms with Crippen LogP contribution in [0.4, 0.5) is 0 Å². The summed E-state index contributed by atoms with van der Waals surface area (Å²) in [6, 6.07) is 1.72. The Morgan fingerprint density at radius 1 is 1.29 bits per heavy atom. The minimum atomic E-state index is -0.117. The molecule has 1 heterocycles. The fourth-order valence-electron chi connectivity index (χ4n) is 3.33. The number of fused-ring (bicyclic) bond motifs is 2. The van der Waals surface area contributed by atoms with Gasteiger partial charge in [0.05, 0.1) is 0 Å². The Bertz CT molecular complexity index is 416. The molecule has 2 saturated carbocycles.